The number of carbonyl (C=O) groups is 1. The molecule has 0 unspecified atom stereocenters. The Morgan fingerprint density at radius 2 is 2.00 bits per heavy atom. The first-order valence-electron chi connectivity index (χ1n) is 6.04. The lowest BCUT2D eigenvalue weighted by Gasteiger charge is -2.28. The van der Waals surface area contributed by atoms with E-state index in [9.17, 15) is 4.79 Å². The summed E-state index contributed by atoms with van der Waals surface area (Å²) in [5.74, 6) is 0.865. The van der Waals surface area contributed by atoms with E-state index in [0.29, 0.717) is 13.1 Å². The monoisotopic (exact) mass is 310 g/mol. The molecule has 112 valence electrons. The average Bonchev–Trinajstić information content (AvgIpc) is 2.75. The van der Waals surface area contributed by atoms with Gasteiger partial charge in [0.15, 0.2) is 0 Å². The van der Waals surface area contributed by atoms with Gasteiger partial charge in [-0.25, -0.2) is 4.98 Å². The molecule has 0 saturated carbocycles. The fourth-order valence-corrected chi connectivity index (χ4v) is 1.87. The second kappa shape index (κ2) is 9.18. The Labute approximate surface area is 127 Å². The number of imidazole rings is 1. The Hall–Kier alpha value is -0.780. The summed E-state index contributed by atoms with van der Waals surface area (Å²) in [7, 11) is 1.91. The summed E-state index contributed by atoms with van der Waals surface area (Å²) < 4.78 is 1.89. The summed E-state index contributed by atoms with van der Waals surface area (Å²) in [6.07, 6.45) is 5.09. The van der Waals surface area contributed by atoms with E-state index in [4.69, 9.17) is 5.73 Å². The van der Waals surface area contributed by atoms with Crippen LogP contribution < -0.4 is 11.1 Å². The van der Waals surface area contributed by atoms with Crippen LogP contribution in [0.5, 0.6) is 0 Å². The van der Waals surface area contributed by atoms with Crippen LogP contribution in [-0.4, -0.2) is 22.0 Å². The van der Waals surface area contributed by atoms with E-state index in [1.807, 2.05) is 31.7 Å². The summed E-state index contributed by atoms with van der Waals surface area (Å²) in [6, 6.07) is 0. The highest BCUT2D eigenvalue weighted by atomic mass is 35.5. The molecule has 0 spiro atoms. The van der Waals surface area contributed by atoms with E-state index in [0.717, 1.165) is 18.7 Å². The first-order chi connectivity index (χ1) is 8.09. The van der Waals surface area contributed by atoms with Crippen LogP contribution in [0.3, 0.4) is 0 Å². The summed E-state index contributed by atoms with van der Waals surface area (Å²) in [6.45, 7) is 4.82. The van der Waals surface area contributed by atoms with Gasteiger partial charge in [0, 0.05) is 26.0 Å². The molecule has 7 heteroatoms. The highest BCUT2D eigenvalue weighted by molar-refractivity contribution is 5.85. The number of aryl methyl sites for hydroxylation is 1. The van der Waals surface area contributed by atoms with Gasteiger partial charge in [0.05, 0.1) is 12.0 Å². The molecule has 0 aliphatic rings. The topological polar surface area (TPSA) is 72.9 Å². The van der Waals surface area contributed by atoms with Gasteiger partial charge in [-0.3, -0.25) is 4.79 Å². The standard InChI is InChI=1S/C12H22N4O.2ClH/c1-4-12(5-2,9-13)11(17)15-8-10-14-6-7-16(10)3;;/h6-7H,4-5,8-9,13H2,1-3H3,(H,15,17);2*1H. The molecule has 1 heterocycles. The van der Waals surface area contributed by atoms with Crippen LogP contribution in [0.2, 0.25) is 0 Å². The van der Waals surface area contributed by atoms with E-state index in [-0.39, 0.29) is 30.7 Å². The molecule has 0 bridgehead atoms. The molecule has 0 atom stereocenters. The van der Waals surface area contributed by atoms with Crippen molar-refractivity contribution in [2.24, 2.45) is 18.2 Å². The smallest absolute Gasteiger partial charge is 0.227 e. The average molecular weight is 311 g/mol. The van der Waals surface area contributed by atoms with Crippen LogP contribution in [0.15, 0.2) is 12.4 Å². The zero-order valence-electron chi connectivity index (χ0n) is 11.7. The maximum absolute atomic E-state index is 12.1. The number of carbonyl (C=O) groups excluding carboxylic acids is 1. The normalized spacial score (nSPS) is 10.3. The van der Waals surface area contributed by atoms with Gasteiger partial charge in [0.1, 0.15) is 5.82 Å². The highest BCUT2D eigenvalue weighted by Gasteiger charge is 2.33. The van der Waals surface area contributed by atoms with Crippen LogP contribution in [0, 0.1) is 5.41 Å². The molecule has 0 fully saturated rings. The molecule has 5 nitrogen and oxygen atoms in total. The largest absolute Gasteiger partial charge is 0.348 e. The van der Waals surface area contributed by atoms with Crippen LogP contribution in [0.1, 0.15) is 32.5 Å². The molecule has 1 amide bonds. The summed E-state index contributed by atoms with van der Waals surface area (Å²) in [5, 5.41) is 2.92. The van der Waals surface area contributed by atoms with Crippen LogP contribution in [-0.2, 0) is 18.4 Å². The van der Waals surface area contributed by atoms with Crippen molar-refractivity contribution in [3.8, 4) is 0 Å². The third kappa shape index (κ3) is 4.67. The second-order valence-corrected chi connectivity index (χ2v) is 4.33. The van der Waals surface area contributed by atoms with Crippen molar-refractivity contribution >= 4 is 30.7 Å². The van der Waals surface area contributed by atoms with Gasteiger partial charge in [-0.1, -0.05) is 13.8 Å². The number of hydrogen-bond donors (Lipinski definition) is 2. The lowest BCUT2D eigenvalue weighted by atomic mass is 9.81. The first kappa shape index (κ1) is 20.5. The Bertz CT molecular complexity index is 369. The highest BCUT2D eigenvalue weighted by Crippen LogP contribution is 2.24. The van der Waals surface area contributed by atoms with Crippen molar-refractivity contribution < 1.29 is 4.79 Å². The minimum Gasteiger partial charge on any atom is -0.348 e. The quantitative estimate of drug-likeness (QED) is 0.839. The van der Waals surface area contributed by atoms with Crippen molar-refractivity contribution in [3.63, 3.8) is 0 Å². The zero-order chi connectivity index (χ0) is 12.9. The second-order valence-electron chi connectivity index (χ2n) is 4.33. The molecule has 0 radical (unpaired) electrons. The number of rotatable bonds is 6. The summed E-state index contributed by atoms with van der Waals surface area (Å²) >= 11 is 0. The third-order valence-corrected chi connectivity index (χ3v) is 3.55. The Morgan fingerprint density at radius 1 is 1.42 bits per heavy atom. The van der Waals surface area contributed by atoms with Crippen molar-refractivity contribution in [3.05, 3.63) is 18.2 Å². The van der Waals surface area contributed by atoms with E-state index in [2.05, 4.69) is 10.3 Å². The lowest BCUT2D eigenvalue weighted by molar-refractivity contribution is -0.131. The van der Waals surface area contributed by atoms with Crippen molar-refractivity contribution in [2.75, 3.05) is 6.54 Å². The van der Waals surface area contributed by atoms with Gasteiger partial charge < -0.3 is 15.6 Å². The molecular formula is C12H24Cl2N4O. The molecule has 0 aliphatic carbocycles. The summed E-state index contributed by atoms with van der Waals surface area (Å²) in [4.78, 5) is 16.3. The molecule has 0 aromatic carbocycles. The number of halogens is 2. The Kier molecular flexibility index (Phi) is 9.92. The maximum atomic E-state index is 12.1. The van der Waals surface area contributed by atoms with Gasteiger partial charge in [0.25, 0.3) is 0 Å². The van der Waals surface area contributed by atoms with Crippen LogP contribution >= 0.6 is 24.8 Å². The molecule has 1 aromatic heterocycles. The molecular weight excluding hydrogens is 287 g/mol. The molecule has 0 aliphatic heterocycles. The minimum atomic E-state index is -0.439. The van der Waals surface area contributed by atoms with Gasteiger partial charge in [0.2, 0.25) is 5.91 Å². The van der Waals surface area contributed by atoms with Crippen molar-refractivity contribution in [1.82, 2.24) is 14.9 Å². The number of hydrogen-bond acceptors (Lipinski definition) is 3. The van der Waals surface area contributed by atoms with Gasteiger partial charge >= 0.3 is 0 Å². The third-order valence-electron chi connectivity index (χ3n) is 3.55. The fraction of sp³-hybridized carbons (Fsp3) is 0.667. The fourth-order valence-electron chi connectivity index (χ4n) is 1.87. The van der Waals surface area contributed by atoms with E-state index in [1.165, 1.54) is 0 Å². The zero-order valence-corrected chi connectivity index (χ0v) is 13.3. The molecule has 1 aromatic rings. The van der Waals surface area contributed by atoms with Gasteiger partial charge in [-0.2, -0.15) is 0 Å². The number of nitrogens with one attached hydrogen (secondary N) is 1. The first-order valence-corrected chi connectivity index (χ1v) is 6.04. The molecule has 19 heavy (non-hydrogen) atoms. The number of aromatic nitrogens is 2. The Balaban J connectivity index is 0. The number of nitrogens with two attached hydrogens (primary N) is 1. The number of nitrogens with zero attached hydrogens (tertiary/aromatic N) is 2. The maximum Gasteiger partial charge on any atom is 0.227 e. The van der Waals surface area contributed by atoms with Gasteiger partial charge in [-0.05, 0) is 12.8 Å². The Morgan fingerprint density at radius 3 is 2.37 bits per heavy atom. The lowest BCUT2D eigenvalue weighted by Crippen LogP contribution is -2.45. The SMILES string of the molecule is CCC(CC)(CN)C(=O)NCc1nccn1C.Cl.Cl. The molecule has 1 rings (SSSR count). The van der Waals surface area contributed by atoms with Crippen LogP contribution in [0.25, 0.3) is 0 Å². The molecule has 3 N–H and O–H groups in total. The van der Waals surface area contributed by atoms with E-state index < -0.39 is 5.41 Å². The van der Waals surface area contributed by atoms with E-state index in [1.54, 1.807) is 6.20 Å². The summed E-state index contributed by atoms with van der Waals surface area (Å²) in [5.41, 5.74) is 5.29. The predicted octanol–water partition coefficient (Wildman–Crippen LogP) is 1.64. The molecule has 0 saturated heterocycles. The predicted molar refractivity (Wildman–Crippen MR) is 81.6 cm³/mol. The minimum absolute atomic E-state index is 0. The number of amides is 1. The van der Waals surface area contributed by atoms with Crippen LogP contribution in [0.4, 0.5) is 0 Å². The van der Waals surface area contributed by atoms with Crippen molar-refractivity contribution in [2.45, 2.75) is 33.2 Å². The van der Waals surface area contributed by atoms with E-state index >= 15 is 0 Å². The van der Waals surface area contributed by atoms with Crippen molar-refractivity contribution in [1.29, 1.82) is 0 Å². The van der Waals surface area contributed by atoms with Gasteiger partial charge in [-0.15, -0.1) is 24.8 Å².